The highest BCUT2D eigenvalue weighted by Crippen LogP contribution is 2.26. The highest BCUT2D eigenvalue weighted by molar-refractivity contribution is 5.93. The quantitative estimate of drug-likeness (QED) is 0.713. The van der Waals surface area contributed by atoms with Crippen molar-refractivity contribution in [3.63, 3.8) is 0 Å². The summed E-state index contributed by atoms with van der Waals surface area (Å²) in [5.41, 5.74) is 4.14. The third-order valence-electron chi connectivity index (χ3n) is 5.07. The third-order valence-corrected chi connectivity index (χ3v) is 5.07. The van der Waals surface area contributed by atoms with Crippen molar-refractivity contribution in [1.29, 1.82) is 0 Å². The molecule has 0 fully saturated rings. The molecule has 2 aromatic rings. The minimum Gasteiger partial charge on any atom is -0.387 e. The number of anilines is 1. The van der Waals surface area contributed by atoms with E-state index in [9.17, 15) is 9.90 Å². The van der Waals surface area contributed by atoms with Crippen molar-refractivity contribution in [2.45, 2.75) is 51.2 Å². The van der Waals surface area contributed by atoms with Gasteiger partial charge in [-0.1, -0.05) is 42.5 Å². The second-order valence-electron chi connectivity index (χ2n) is 7.73. The number of carbonyl (C=O) groups is 1. The number of hydrogen-bond donors (Lipinski definition) is 3. The van der Waals surface area contributed by atoms with E-state index in [1.165, 1.54) is 5.56 Å². The van der Waals surface area contributed by atoms with Gasteiger partial charge in [-0.05, 0) is 55.9 Å². The summed E-state index contributed by atoms with van der Waals surface area (Å²) in [5.74, 6) is 0.0626. The Labute approximate surface area is 155 Å². The van der Waals surface area contributed by atoms with Crippen LogP contribution >= 0.6 is 0 Å². The number of aliphatic hydroxyl groups is 1. The van der Waals surface area contributed by atoms with E-state index in [1.807, 2.05) is 24.3 Å². The number of nitrogens with one attached hydrogen (secondary N) is 2. The molecule has 2 aromatic carbocycles. The molecule has 0 aromatic heterocycles. The first-order valence-electron chi connectivity index (χ1n) is 9.33. The number of β-amino-alcohol motifs (C(OH)–C–C–N with tert-alkyl or cyclic N) is 1. The fourth-order valence-corrected chi connectivity index (χ4v) is 3.29. The second-order valence-corrected chi connectivity index (χ2v) is 7.73. The van der Waals surface area contributed by atoms with Crippen molar-refractivity contribution in [1.82, 2.24) is 5.32 Å². The molecule has 138 valence electrons. The Morgan fingerprint density at radius 2 is 1.92 bits per heavy atom. The normalized spacial score (nSPS) is 15.3. The van der Waals surface area contributed by atoms with Crippen molar-refractivity contribution < 1.29 is 9.90 Å². The predicted octanol–water partition coefficient (Wildman–Crippen LogP) is 3.61. The molecule has 1 heterocycles. The van der Waals surface area contributed by atoms with Crippen molar-refractivity contribution in [3.8, 4) is 0 Å². The van der Waals surface area contributed by atoms with E-state index in [4.69, 9.17) is 0 Å². The van der Waals surface area contributed by atoms with Gasteiger partial charge in [-0.2, -0.15) is 0 Å². The van der Waals surface area contributed by atoms with Crippen molar-refractivity contribution >= 4 is 11.6 Å². The Hall–Kier alpha value is -2.17. The van der Waals surface area contributed by atoms with Gasteiger partial charge in [-0.15, -0.1) is 0 Å². The van der Waals surface area contributed by atoms with Crippen LogP contribution in [0.25, 0.3) is 0 Å². The summed E-state index contributed by atoms with van der Waals surface area (Å²) in [6, 6.07) is 16.3. The molecule has 1 atom stereocenters. The van der Waals surface area contributed by atoms with E-state index >= 15 is 0 Å². The van der Waals surface area contributed by atoms with Crippen LogP contribution in [0, 0.1) is 0 Å². The molecule has 3 rings (SSSR count). The summed E-state index contributed by atoms with van der Waals surface area (Å²) in [7, 11) is 0. The van der Waals surface area contributed by atoms with Gasteiger partial charge in [-0.25, -0.2) is 0 Å². The first-order chi connectivity index (χ1) is 12.4. The van der Waals surface area contributed by atoms with Crippen LogP contribution in [-0.4, -0.2) is 23.1 Å². The number of fused-ring (bicyclic) bond motifs is 1. The number of rotatable bonds is 7. The Morgan fingerprint density at radius 3 is 2.69 bits per heavy atom. The molecular weight excluding hydrogens is 324 g/mol. The van der Waals surface area contributed by atoms with Crippen molar-refractivity contribution in [2.75, 3.05) is 11.9 Å². The van der Waals surface area contributed by atoms with Crippen LogP contribution in [0.2, 0.25) is 0 Å². The van der Waals surface area contributed by atoms with Crippen LogP contribution in [0.1, 0.15) is 49.5 Å². The Bertz CT molecular complexity index is 756. The fourth-order valence-electron chi connectivity index (χ4n) is 3.29. The highest BCUT2D eigenvalue weighted by Gasteiger charge is 2.21. The van der Waals surface area contributed by atoms with Gasteiger partial charge in [0.1, 0.15) is 0 Å². The lowest BCUT2D eigenvalue weighted by atomic mass is 9.94. The molecule has 1 aliphatic heterocycles. The van der Waals surface area contributed by atoms with E-state index in [1.54, 1.807) is 0 Å². The van der Waals surface area contributed by atoms with E-state index in [2.05, 4.69) is 48.7 Å². The molecule has 0 saturated heterocycles. The molecule has 4 nitrogen and oxygen atoms in total. The summed E-state index contributed by atoms with van der Waals surface area (Å²) < 4.78 is 0. The molecule has 1 amide bonds. The molecule has 3 N–H and O–H groups in total. The summed E-state index contributed by atoms with van der Waals surface area (Å²) in [4.78, 5) is 11.5. The predicted molar refractivity (Wildman–Crippen MR) is 105 cm³/mol. The van der Waals surface area contributed by atoms with Crippen LogP contribution < -0.4 is 10.6 Å². The number of benzene rings is 2. The zero-order valence-corrected chi connectivity index (χ0v) is 15.6. The zero-order chi connectivity index (χ0) is 18.6. The number of aryl methyl sites for hydroxylation is 2. The van der Waals surface area contributed by atoms with Crippen molar-refractivity contribution in [3.05, 3.63) is 65.2 Å². The number of amides is 1. The van der Waals surface area contributed by atoms with Crippen LogP contribution in [0.3, 0.4) is 0 Å². The third kappa shape index (κ3) is 4.93. The number of carbonyl (C=O) groups excluding carboxylic acids is 1. The molecule has 1 aliphatic rings. The van der Waals surface area contributed by atoms with Gasteiger partial charge >= 0.3 is 0 Å². The van der Waals surface area contributed by atoms with Gasteiger partial charge in [0.05, 0.1) is 6.10 Å². The van der Waals surface area contributed by atoms with Crippen molar-refractivity contribution in [2.24, 2.45) is 0 Å². The maximum Gasteiger partial charge on any atom is 0.224 e. The zero-order valence-electron chi connectivity index (χ0n) is 15.6. The standard InChI is InChI=1S/C22H28N2O2/c1-22(2,13-12-16-6-4-3-5-7-16)23-15-20(25)18-8-10-19-17(14-18)9-11-21(26)24-19/h3-8,10,14,20,23,25H,9,11-13,15H2,1-2H3,(H,24,26). The minimum absolute atomic E-state index is 0.0565. The van der Waals surface area contributed by atoms with Crippen LogP contribution in [0.15, 0.2) is 48.5 Å². The average molecular weight is 352 g/mol. The van der Waals surface area contributed by atoms with Gasteiger partial charge < -0.3 is 15.7 Å². The van der Waals surface area contributed by atoms with Gasteiger partial charge in [-0.3, -0.25) is 4.79 Å². The second kappa shape index (κ2) is 8.02. The summed E-state index contributed by atoms with van der Waals surface area (Å²) in [6.45, 7) is 4.85. The molecule has 4 heteroatoms. The Kier molecular flexibility index (Phi) is 5.74. The molecule has 1 unspecified atom stereocenters. The topological polar surface area (TPSA) is 61.4 Å². The van der Waals surface area contributed by atoms with Gasteiger partial charge in [0, 0.05) is 24.2 Å². The Morgan fingerprint density at radius 1 is 1.15 bits per heavy atom. The summed E-state index contributed by atoms with van der Waals surface area (Å²) in [6.07, 6.45) is 2.69. The van der Waals surface area contributed by atoms with Crippen LogP contribution in [0.5, 0.6) is 0 Å². The molecule has 26 heavy (non-hydrogen) atoms. The maximum atomic E-state index is 11.5. The van der Waals surface area contributed by atoms with E-state index in [0.29, 0.717) is 13.0 Å². The lowest BCUT2D eigenvalue weighted by molar-refractivity contribution is -0.116. The molecular formula is C22H28N2O2. The van der Waals surface area contributed by atoms with Gasteiger partial charge in [0.15, 0.2) is 0 Å². The minimum atomic E-state index is -0.561. The van der Waals surface area contributed by atoms with E-state index < -0.39 is 6.10 Å². The largest absolute Gasteiger partial charge is 0.387 e. The van der Waals surface area contributed by atoms with Crippen LogP contribution in [0.4, 0.5) is 5.69 Å². The maximum absolute atomic E-state index is 11.5. The smallest absolute Gasteiger partial charge is 0.224 e. The summed E-state index contributed by atoms with van der Waals surface area (Å²) >= 11 is 0. The first-order valence-corrected chi connectivity index (χ1v) is 9.33. The lowest BCUT2D eigenvalue weighted by Crippen LogP contribution is -2.42. The lowest BCUT2D eigenvalue weighted by Gasteiger charge is -2.28. The summed E-state index contributed by atoms with van der Waals surface area (Å²) in [5, 5.41) is 16.9. The van der Waals surface area contributed by atoms with E-state index in [0.717, 1.165) is 36.1 Å². The molecule has 0 saturated carbocycles. The number of hydrogen-bond acceptors (Lipinski definition) is 3. The molecule has 0 spiro atoms. The van der Waals surface area contributed by atoms with Crippen LogP contribution in [-0.2, 0) is 17.6 Å². The molecule has 0 radical (unpaired) electrons. The van der Waals surface area contributed by atoms with Gasteiger partial charge in [0.2, 0.25) is 5.91 Å². The highest BCUT2D eigenvalue weighted by atomic mass is 16.3. The average Bonchev–Trinajstić information content (AvgIpc) is 2.65. The van der Waals surface area contributed by atoms with E-state index in [-0.39, 0.29) is 11.4 Å². The molecule has 0 bridgehead atoms. The Balaban J connectivity index is 1.54. The van der Waals surface area contributed by atoms with Gasteiger partial charge in [0.25, 0.3) is 0 Å². The fraction of sp³-hybridized carbons (Fsp3) is 0.409. The first kappa shape index (κ1) is 18.6. The monoisotopic (exact) mass is 352 g/mol. The SMILES string of the molecule is CC(C)(CCc1ccccc1)NCC(O)c1ccc2c(c1)CCC(=O)N2. The number of aliphatic hydroxyl groups excluding tert-OH is 1. The molecule has 0 aliphatic carbocycles.